The van der Waals surface area contributed by atoms with Crippen molar-refractivity contribution in [2.24, 2.45) is 11.7 Å². The fraction of sp³-hybridized carbons (Fsp3) is 0.571. The molecule has 0 saturated heterocycles. The molecule has 3 N–H and O–H groups in total. The molecular weight excluding hydrogens is 214 g/mol. The van der Waals surface area contributed by atoms with Gasteiger partial charge in [-0.25, -0.2) is 0 Å². The molecule has 0 aliphatic heterocycles. The maximum absolute atomic E-state index is 9.76. The van der Waals surface area contributed by atoms with E-state index >= 15 is 0 Å². The van der Waals surface area contributed by atoms with Crippen LogP contribution in [0.1, 0.15) is 43.7 Å². The first-order chi connectivity index (χ1) is 8.22. The summed E-state index contributed by atoms with van der Waals surface area (Å²) in [4.78, 5) is 0. The van der Waals surface area contributed by atoms with E-state index in [1.165, 1.54) is 32.1 Å². The average Bonchev–Trinajstić information content (AvgIpc) is 2.39. The van der Waals surface area contributed by atoms with Gasteiger partial charge in [0.2, 0.25) is 0 Å². The Morgan fingerprint density at radius 2 is 2.00 bits per heavy atom. The van der Waals surface area contributed by atoms with Crippen LogP contribution in [0.4, 0.5) is 0 Å². The number of phenols is 1. The van der Waals surface area contributed by atoms with Crippen LogP contribution in [0, 0.1) is 5.92 Å². The van der Waals surface area contributed by atoms with Crippen molar-refractivity contribution >= 4 is 0 Å². The molecule has 1 aromatic rings. The first kappa shape index (κ1) is 12.2. The van der Waals surface area contributed by atoms with Crippen molar-refractivity contribution in [2.45, 2.75) is 38.1 Å². The van der Waals surface area contributed by atoms with Crippen molar-refractivity contribution in [1.82, 2.24) is 0 Å². The van der Waals surface area contributed by atoms with Gasteiger partial charge in [-0.15, -0.1) is 0 Å². The fourth-order valence-corrected chi connectivity index (χ4v) is 2.68. The highest BCUT2D eigenvalue weighted by Crippen LogP contribution is 2.35. The van der Waals surface area contributed by atoms with E-state index in [0.29, 0.717) is 11.7 Å². The number of methoxy groups -OCH3 is 1. The Morgan fingerprint density at radius 3 is 2.59 bits per heavy atom. The first-order valence-electron chi connectivity index (χ1n) is 6.35. The van der Waals surface area contributed by atoms with Crippen LogP contribution in [0.2, 0.25) is 0 Å². The molecule has 0 amide bonds. The lowest BCUT2D eigenvalue weighted by molar-refractivity contribution is 0.307. The van der Waals surface area contributed by atoms with Crippen LogP contribution in [0.5, 0.6) is 11.5 Å². The van der Waals surface area contributed by atoms with Crippen LogP contribution in [0.3, 0.4) is 0 Å². The van der Waals surface area contributed by atoms with Crippen molar-refractivity contribution in [2.75, 3.05) is 7.11 Å². The maximum atomic E-state index is 9.76. The van der Waals surface area contributed by atoms with Crippen LogP contribution >= 0.6 is 0 Å². The summed E-state index contributed by atoms with van der Waals surface area (Å²) < 4.78 is 5.03. The minimum absolute atomic E-state index is 0.0344. The molecule has 1 fully saturated rings. The molecule has 0 heterocycles. The third-order valence-corrected chi connectivity index (χ3v) is 3.75. The SMILES string of the molecule is COc1ccc([C@@H](N)C2CCCCC2)cc1O. The van der Waals surface area contributed by atoms with Crippen LogP contribution < -0.4 is 10.5 Å². The Kier molecular flexibility index (Phi) is 3.89. The highest BCUT2D eigenvalue weighted by molar-refractivity contribution is 5.42. The topological polar surface area (TPSA) is 55.5 Å². The number of nitrogens with two attached hydrogens (primary N) is 1. The normalized spacial score (nSPS) is 18.9. The fourth-order valence-electron chi connectivity index (χ4n) is 2.68. The van der Waals surface area contributed by atoms with Crippen LogP contribution in [0.25, 0.3) is 0 Å². The molecule has 3 nitrogen and oxygen atoms in total. The molecular formula is C14H21NO2. The van der Waals surface area contributed by atoms with Gasteiger partial charge >= 0.3 is 0 Å². The second-order valence-corrected chi connectivity index (χ2v) is 4.86. The van der Waals surface area contributed by atoms with Gasteiger partial charge < -0.3 is 15.6 Å². The number of aromatic hydroxyl groups is 1. The molecule has 1 aliphatic rings. The number of hydrogen-bond acceptors (Lipinski definition) is 3. The highest BCUT2D eigenvalue weighted by Gasteiger charge is 2.22. The molecule has 0 radical (unpaired) electrons. The van der Waals surface area contributed by atoms with E-state index in [0.717, 1.165) is 5.56 Å². The summed E-state index contributed by atoms with van der Waals surface area (Å²) in [5.74, 6) is 1.23. The molecule has 0 bridgehead atoms. The molecule has 0 unspecified atom stereocenters. The van der Waals surface area contributed by atoms with Gasteiger partial charge in [-0.2, -0.15) is 0 Å². The number of rotatable bonds is 3. The van der Waals surface area contributed by atoms with Gasteiger partial charge in [0.05, 0.1) is 7.11 Å². The summed E-state index contributed by atoms with van der Waals surface area (Å²) in [6, 6.07) is 5.51. The van der Waals surface area contributed by atoms with E-state index in [1.807, 2.05) is 6.07 Å². The van der Waals surface area contributed by atoms with E-state index in [2.05, 4.69) is 0 Å². The Bertz CT molecular complexity index is 372. The van der Waals surface area contributed by atoms with Crippen molar-refractivity contribution < 1.29 is 9.84 Å². The smallest absolute Gasteiger partial charge is 0.160 e. The molecule has 1 atom stereocenters. The van der Waals surface area contributed by atoms with Gasteiger partial charge in [0.15, 0.2) is 11.5 Å². The van der Waals surface area contributed by atoms with Crippen molar-refractivity contribution in [3.05, 3.63) is 23.8 Å². The van der Waals surface area contributed by atoms with Crippen LogP contribution in [-0.2, 0) is 0 Å². The molecule has 1 aromatic carbocycles. The Hall–Kier alpha value is -1.22. The van der Waals surface area contributed by atoms with E-state index < -0.39 is 0 Å². The second-order valence-electron chi connectivity index (χ2n) is 4.86. The van der Waals surface area contributed by atoms with Gasteiger partial charge in [-0.3, -0.25) is 0 Å². The average molecular weight is 235 g/mol. The number of ether oxygens (including phenoxy) is 1. The summed E-state index contributed by atoms with van der Waals surface area (Å²) in [5.41, 5.74) is 7.29. The lowest BCUT2D eigenvalue weighted by Crippen LogP contribution is -2.23. The summed E-state index contributed by atoms with van der Waals surface area (Å²) in [5, 5.41) is 9.76. The predicted octanol–water partition coefficient (Wildman–Crippen LogP) is 2.98. The van der Waals surface area contributed by atoms with Gasteiger partial charge in [-0.1, -0.05) is 25.3 Å². The zero-order chi connectivity index (χ0) is 12.3. The lowest BCUT2D eigenvalue weighted by atomic mass is 9.81. The Balaban J connectivity index is 2.12. The molecule has 3 heteroatoms. The highest BCUT2D eigenvalue weighted by atomic mass is 16.5. The van der Waals surface area contributed by atoms with E-state index in [-0.39, 0.29) is 11.8 Å². The van der Waals surface area contributed by atoms with E-state index in [9.17, 15) is 5.11 Å². The molecule has 17 heavy (non-hydrogen) atoms. The maximum Gasteiger partial charge on any atom is 0.160 e. The van der Waals surface area contributed by atoms with Gasteiger partial charge in [-0.05, 0) is 36.5 Å². The van der Waals surface area contributed by atoms with Gasteiger partial charge in [0.25, 0.3) is 0 Å². The standard InChI is InChI=1S/C14H21NO2/c1-17-13-8-7-11(9-12(13)16)14(15)10-5-3-2-4-6-10/h7-10,14,16H,2-6,15H2,1H3/t14-/m0/s1. The third kappa shape index (κ3) is 2.72. The molecule has 0 spiro atoms. The van der Waals surface area contributed by atoms with Gasteiger partial charge in [0.1, 0.15) is 0 Å². The van der Waals surface area contributed by atoms with E-state index in [4.69, 9.17) is 10.5 Å². The van der Waals surface area contributed by atoms with Crippen molar-refractivity contribution in [3.63, 3.8) is 0 Å². The Labute approximate surface area is 103 Å². The summed E-state index contributed by atoms with van der Waals surface area (Å²) in [7, 11) is 1.55. The number of phenolic OH excluding ortho intramolecular Hbond substituents is 1. The second kappa shape index (κ2) is 5.41. The zero-order valence-electron chi connectivity index (χ0n) is 10.4. The van der Waals surface area contributed by atoms with Crippen molar-refractivity contribution in [1.29, 1.82) is 0 Å². The minimum atomic E-state index is 0.0344. The first-order valence-corrected chi connectivity index (χ1v) is 6.35. The summed E-state index contributed by atoms with van der Waals surface area (Å²) >= 11 is 0. The number of benzene rings is 1. The largest absolute Gasteiger partial charge is 0.504 e. The van der Waals surface area contributed by atoms with Crippen molar-refractivity contribution in [3.8, 4) is 11.5 Å². The third-order valence-electron chi connectivity index (χ3n) is 3.75. The Morgan fingerprint density at radius 1 is 1.29 bits per heavy atom. The van der Waals surface area contributed by atoms with Gasteiger partial charge in [0, 0.05) is 6.04 Å². The predicted molar refractivity (Wildman–Crippen MR) is 68.2 cm³/mol. The molecule has 0 aromatic heterocycles. The summed E-state index contributed by atoms with van der Waals surface area (Å²) in [6.45, 7) is 0. The quantitative estimate of drug-likeness (QED) is 0.846. The molecule has 1 saturated carbocycles. The molecule has 2 rings (SSSR count). The van der Waals surface area contributed by atoms with Crippen LogP contribution in [0.15, 0.2) is 18.2 Å². The molecule has 94 valence electrons. The van der Waals surface area contributed by atoms with Crippen LogP contribution in [-0.4, -0.2) is 12.2 Å². The summed E-state index contributed by atoms with van der Waals surface area (Å²) in [6.07, 6.45) is 6.29. The lowest BCUT2D eigenvalue weighted by Gasteiger charge is -2.27. The zero-order valence-corrected chi connectivity index (χ0v) is 10.4. The minimum Gasteiger partial charge on any atom is -0.504 e. The number of hydrogen-bond donors (Lipinski definition) is 2. The monoisotopic (exact) mass is 235 g/mol. The molecule has 1 aliphatic carbocycles. The van der Waals surface area contributed by atoms with E-state index in [1.54, 1.807) is 19.2 Å².